The molecule has 2 rings (SSSR count). The van der Waals surface area contributed by atoms with E-state index < -0.39 is 49.9 Å². The van der Waals surface area contributed by atoms with E-state index in [0.717, 1.165) is 17.7 Å². The standard InChI is InChI=1S/C20H31N2O10/c1-13-7-14(9-21-8-13)12-30-22-3-2-5-29-20-18(27)17(26)19(15(10-24)31-20)32-16(11-25)28-6-4-23/h6-9,11,15,17-20,22-27H,2-5,10,12H2,1H3/p+1/b16-11-/t15?,17-,18?,19+,20-/m0/s1. The first kappa shape index (κ1) is 26.2. The van der Waals surface area contributed by atoms with E-state index in [2.05, 4.69) is 10.5 Å². The van der Waals surface area contributed by atoms with Crippen LogP contribution in [0.15, 0.2) is 30.7 Å². The molecule has 0 aliphatic carbocycles. The number of aliphatic hydroxyl groups is 5. The van der Waals surface area contributed by atoms with Gasteiger partial charge in [-0.05, 0) is 19.4 Å². The molecule has 0 spiro atoms. The molecule has 0 aromatic carbocycles. The second-order valence-corrected chi connectivity index (χ2v) is 7.03. The van der Waals surface area contributed by atoms with Gasteiger partial charge in [0.2, 0.25) is 0 Å². The van der Waals surface area contributed by atoms with Crippen LogP contribution in [0, 0.1) is 13.5 Å². The average molecular weight is 460 g/mol. The van der Waals surface area contributed by atoms with Crippen LogP contribution in [0.4, 0.5) is 0 Å². The van der Waals surface area contributed by atoms with Crippen molar-refractivity contribution in [1.29, 1.82) is 0 Å². The van der Waals surface area contributed by atoms with E-state index >= 15 is 0 Å². The van der Waals surface area contributed by atoms with Crippen LogP contribution in [0.5, 0.6) is 0 Å². The third-order valence-corrected chi connectivity index (χ3v) is 4.49. The molecule has 181 valence electrons. The van der Waals surface area contributed by atoms with Gasteiger partial charge in [0.15, 0.2) is 37.7 Å². The minimum absolute atomic E-state index is 0.184. The molecule has 1 aliphatic rings. The molecule has 32 heavy (non-hydrogen) atoms. The fraction of sp³-hybridized carbons (Fsp3) is 0.600. The molecule has 1 aliphatic heterocycles. The lowest BCUT2D eigenvalue weighted by atomic mass is 9.99. The van der Waals surface area contributed by atoms with Gasteiger partial charge in [-0.3, -0.25) is 4.84 Å². The zero-order chi connectivity index (χ0) is 23.3. The van der Waals surface area contributed by atoms with E-state index in [9.17, 15) is 15.3 Å². The quantitative estimate of drug-likeness (QED) is 0.109. The Hall–Kier alpha value is -2.03. The highest BCUT2D eigenvalue weighted by Crippen LogP contribution is 2.26. The number of hydrogen-bond acceptors (Lipinski definition) is 11. The molecule has 2 heterocycles. The summed E-state index contributed by atoms with van der Waals surface area (Å²) < 4.78 is 21.1. The van der Waals surface area contributed by atoms with Crippen molar-refractivity contribution in [2.24, 2.45) is 0 Å². The number of H-pyrrole nitrogens is 1. The number of aliphatic hydroxyl groups excluding tert-OH is 5. The third-order valence-electron chi connectivity index (χ3n) is 4.49. The number of nitrogens with one attached hydrogen (secondary N) is 2. The SMILES string of the molecule is Cc1c[nH+]cc(CONCCCO[C@H]2OC(CO)[C@@H](O/C(=C\O)O[CH]CO)[C@@H](O)C2O)c1. The molecule has 12 heteroatoms. The van der Waals surface area contributed by atoms with Crippen molar-refractivity contribution >= 4 is 0 Å². The topological polar surface area (TPSA) is 173 Å². The van der Waals surface area contributed by atoms with Crippen molar-refractivity contribution < 1.29 is 54.3 Å². The van der Waals surface area contributed by atoms with Crippen LogP contribution in [-0.2, 0) is 30.4 Å². The molecule has 1 aromatic heterocycles. The second kappa shape index (κ2) is 14.2. The van der Waals surface area contributed by atoms with Crippen LogP contribution < -0.4 is 10.5 Å². The molecule has 5 atom stereocenters. The molecular weight excluding hydrogens is 428 g/mol. The summed E-state index contributed by atoms with van der Waals surface area (Å²) in [5.41, 5.74) is 4.90. The molecule has 0 bridgehead atoms. The molecule has 7 N–H and O–H groups in total. The maximum Gasteiger partial charge on any atom is 0.316 e. The summed E-state index contributed by atoms with van der Waals surface area (Å²) >= 11 is 0. The summed E-state index contributed by atoms with van der Waals surface area (Å²) in [6, 6.07) is 2.00. The number of pyridine rings is 1. The summed E-state index contributed by atoms with van der Waals surface area (Å²) in [6.07, 6.45) is -1.80. The Bertz CT molecular complexity index is 690. The van der Waals surface area contributed by atoms with Gasteiger partial charge < -0.3 is 44.5 Å². The number of aromatic nitrogens is 1. The monoisotopic (exact) mass is 460 g/mol. The van der Waals surface area contributed by atoms with Gasteiger partial charge >= 0.3 is 5.95 Å². The lowest BCUT2D eigenvalue weighted by Gasteiger charge is -2.41. The average Bonchev–Trinajstić information content (AvgIpc) is 2.79. The number of hydroxylamine groups is 1. The van der Waals surface area contributed by atoms with E-state index in [1.807, 2.05) is 25.4 Å². The van der Waals surface area contributed by atoms with Crippen molar-refractivity contribution in [2.75, 3.05) is 26.4 Å². The number of rotatable bonds is 14. The van der Waals surface area contributed by atoms with Gasteiger partial charge in [0.25, 0.3) is 0 Å². The molecule has 1 aromatic rings. The van der Waals surface area contributed by atoms with Gasteiger partial charge in [-0.2, -0.15) is 0 Å². The molecule has 12 nitrogen and oxygen atoms in total. The number of ether oxygens (including phenoxy) is 4. The van der Waals surface area contributed by atoms with E-state index in [-0.39, 0.29) is 6.61 Å². The van der Waals surface area contributed by atoms with Crippen molar-refractivity contribution in [3.05, 3.63) is 48.4 Å². The Morgan fingerprint density at radius 2 is 2.06 bits per heavy atom. The first-order chi connectivity index (χ1) is 15.5. The summed E-state index contributed by atoms with van der Waals surface area (Å²) in [5.74, 6) is -0.452. The number of aromatic amines is 1. The Morgan fingerprint density at radius 3 is 2.75 bits per heavy atom. The Labute approximate surface area is 185 Å². The highest BCUT2D eigenvalue weighted by atomic mass is 16.7. The van der Waals surface area contributed by atoms with Crippen molar-refractivity contribution in [3.8, 4) is 0 Å². The molecular formula is C20H32N2O10+. The van der Waals surface area contributed by atoms with Crippen LogP contribution in [0.25, 0.3) is 0 Å². The van der Waals surface area contributed by atoms with E-state index in [4.69, 9.17) is 34.0 Å². The normalized spacial score (nSPS) is 26.2. The fourth-order valence-electron chi connectivity index (χ4n) is 2.97. The molecule has 0 saturated carbocycles. The van der Waals surface area contributed by atoms with E-state index in [0.29, 0.717) is 25.8 Å². The predicted octanol–water partition coefficient (Wildman–Crippen LogP) is -1.41. The van der Waals surface area contributed by atoms with Gasteiger partial charge in [-0.25, -0.2) is 10.5 Å². The van der Waals surface area contributed by atoms with Crippen molar-refractivity contribution in [2.45, 2.75) is 50.7 Å². The van der Waals surface area contributed by atoms with Crippen LogP contribution in [0.1, 0.15) is 17.5 Å². The third kappa shape index (κ3) is 8.15. The van der Waals surface area contributed by atoms with Crippen LogP contribution >= 0.6 is 0 Å². The minimum atomic E-state index is -1.51. The minimum Gasteiger partial charge on any atom is -0.508 e. The Morgan fingerprint density at radius 1 is 1.25 bits per heavy atom. The Balaban J connectivity index is 1.71. The Kier molecular flexibility index (Phi) is 11.6. The highest BCUT2D eigenvalue weighted by Gasteiger charge is 2.46. The zero-order valence-electron chi connectivity index (χ0n) is 17.8. The lowest BCUT2D eigenvalue weighted by Crippen LogP contribution is -2.60. The molecule has 1 saturated heterocycles. The number of aryl methyl sites for hydroxylation is 1. The predicted molar refractivity (Wildman–Crippen MR) is 107 cm³/mol. The van der Waals surface area contributed by atoms with Crippen LogP contribution in [0.2, 0.25) is 0 Å². The van der Waals surface area contributed by atoms with E-state index in [1.165, 1.54) is 0 Å². The van der Waals surface area contributed by atoms with Gasteiger partial charge in [-0.1, -0.05) is 0 Å². The van der Waals surface area contributed by atoms with Crippen molar-refractivity contribution in [3.63, 3.8) is 0 Å². The smallest absolute Gasteiger partial charge is 0.316 e. The fourth-order valence-corrected chi connectivity index (χ4v) is 2.97. The zero-order valence-corrected chi connectivity index (χ0v) is 17.8. The summed E-state index contributed by atoms with van der Waals surface area (Å²) in [6.45, 7) is 2.96. The highest BCUT2D eigenvalue weighted by molar-refractivity contribution is 5.12. The van der Waals surface area contributed by atoms with Gasteiger partial charge in [0.1, 0.15) is 18.3 Å². The molecule has 0 amide bonds. The first-order valence-electron chi connectivity index (χ1n) is 10.2. The molecule has 1 fully saturated rings. The molecule has 1 radical (unpaired) electrons. The maximum absolute atomic E-state index is 10.4. The second-order valence-electron chi connectivity index (χ2n) is 7.03. The van der Waals surface area contributed by atoms with Crippen molar-refractivity contribution in [1.82, 2.24) is 5.48 Å². The molecule has 2 unspecified atom stereocenters. The first-order valence-corrected chi connectivity index (χ1v) is 10.2. The lowest BCUT2D eigenvalue weighted by molar-refractivity contribution is -0.379. The van der Waals surface area contributed by atoms with Crippen LogP contribution in [0.3, 0.4) is 0 Å². The maximum atomic E-state index is 10.4. The summed E-state index contributed by atoms with van der Waals surface area (Å²) in [4.78, 5) is 8.40. The van der Waals surface area contributed by atoms with Gasteiger partial charge in [-0.15, -0.1) is 0 Å². The van der Waals surface area contributed by atoms with Crippen LogP contribution in [-0.4, -0.2) is 82.6 Å². The largest absolute Gasteiger partial charge is 0.508 e. The van der Waals surface area contributed by atoms with E-state index in [1.54, 1.807) is 0 Å². The summed E-state index contributed by atoms with van der Waals surface area (Å²) in [7, 11) is 0. The van der Waals surface area contributed by atoms with Gasteiger partial charge in [0.05, 0.1) is 26.4 Å². The van der Waals surface area contributed by atoms with Gasteiger partial charge in [0, 0.05) is 17.7 Å². The summed E-state index contributed by atoms with van der Waals surface area (Å²) in [5, 5.41) is 48.1. The number of hydrogen-bond donors (Lipinski definition) is 6.